The Kier molecular flexibility index (Phi) is 7.55. The number of rotatable bonds is 7. The van der Waals surface area contributed by atoms with Gasteiger partial charge in [0, 0.05) is 17.9 Å². The minimum atomic E-state index is -2.03. The molecule has 2 aromatic carbocycles. The van der Waals surface area contributed by atoms with Gasteiger partial charge in [-0.25, -0.2) is 0 Å². The summed E-state index contributed by atoms with van der Waals surface area (Å²) in [6.07, 6.45) is 0.0316. The van der Waals surface area contributed by atoms with E-state index in [4.69, 9.17) is 13.5 Å². The van der Waals surface area contributed by atoms with E-state index in [1.807, 2.05) is 25.1 Å². The van der Waals surface area contributed by atoms with E-state index in [0.29, 0.717) is 30.8 Å². The maximum absolute atomic E-state index is 14.2. The Morgan fingerprint density at radius 2 is 1.90 bits per heavy atom. The molecule has 4 N–H and O–H groups in total. The monoisotopic (exact) mass is 659 g/mol. The van der Waals surface area contributed by atoms with Crippen LogP contribution in [-0.2, 0) is 19.1 Å². The topological polar surface area (TPSA) is 136 Å². The molecule has 1 unspecified atom stereocenters. The van der Waals surface area contributed by atoms with Crippen LogP contribution in [0.2, 0.25) is 0 Å². The molecule has 3 aliphatic rings. The van der Waals surface area contributed by atoms with E-state index in [0.717, 1.165) is 16.7 Å². The predicted octanol–water partition coefficient (Wildman–Crippen LogP) is 4.31. The zero-order chi connectivity index (χ0) is 28.9. The Bertz CT molecular complexity index is 1490. The zero-order valence-corrected chi connectivity index (χ0v) is 24.2. The number of carbonyl (C=O) groups excluding carboxylic acids is 3. The van der Waals surface area contributed by atoms with E-state index < -0.39 is 58.1 Å². The number of hydrogen-bond donors (Lipinski definition) is 3. The molecule has 1 amide bonds. The number of carbonyl (C=O) groups is 3. The summed E-state index contributed by atoms with van der Waals surface area (Å²) in [7, 11) is 1.47. The van der Waals surface area contributed by atoms with E-state index in [1.54, 1.807) is 18.2 Å². The number of aliphatic hydroxyl groups excluding tert-OH is 2. The number of alkyl halides is 1. The highest BCUT2D eigenvalue weighted by Crippen LogP contribution is 2.54. The first-order valence-electron chi connectivity index (χ1n) is 13.1. The van der Waals surface area contributed by atoms with Gasteiger partial charge >= 0.3 is 0 Å². The van der Waals surface area contributed by atoms with E-state index in [-0.39, 0.29) is 24.0 Å². The van der Waals surface area contributed by atoms with Crippen molar-refractivity contribution in [1.29, 1.82) is 0 Å². The number of nitrogens with two attached hydrogens (primary N) is 1. The van der Waals surface area contributed by atoms with Crippen molar-refractivity contribution in [2.45, 2.75) is 44.3 Å². The fourth-order valence-electron chi connectivity index (χ4n) is 6.25. The van der Waals surface area contributed by atoms with Crippen LogP contribution in [0.3, 0.4) is 0 Å². The van der Waals surface area contributed by atoms with Gasteiger partial charge in [-0.3, -0.25) is 21.8 Å². The zero-order valence-electron chi connectivity index (χ0n) is 22.0. The molecule has 3 aliphatic carbocycles. The summed E-state index contributed by atoms with van der Waals surface area (Å²) in [4.78, 5) is 39.8. The van der Waals surface area contributed by atoms with Gasteiger partial charge in [0.15, 0.2) is 13.6 Å². The van der Waals surface area contributed by atoms with Crippen LogP contribution < -0.4 is 10.5 Å². The fraction of sp³-hybridized carbons (Fsp3) is 0.345. The van der Waals surface area contributed by atoms with Gasteiger partial charge in [0.1, 0.15) is 45.8 Å². The first kappa shape index (κ1) is 28.3. The normalized spacial score (nSPS) is 24.8. The van der Waals surface area contributed by atoms with Crippen molar-refractivity contribution in [2.75, 3.05) is 6.61 Å². The molecule has 0 saturated heterocycles. The van der Waals surface area contributed by atoms with Crippen LogP contribution in [0.25, 0.3) is 11.1 Å². The summed E-state index contributed by atoms with van der Waals surface area (Å²) in [5.74, 6) is -4.50. The Morgan fingerprint density at radius 3 is 2.50 bits per heavy atom. The second kappa shape index (κ2) is 10.7. The van der Waals surface area contributed by atoms with Crippen molar-refractivity contribution in [1.82, 2.24) is 0 Å². The maximum atomic E-state index is 14.2. The van der Waals surface area contributed by atoms with Gasteiger partial charge in [-0.05, 0) is 53.5 Å². The number of benzene rings is 2. The summed E-state index contributed by atoms with van der Waals surface area (Å²) in [6, 6.07) is 10.6. The molecule has 0 saturated carbocycles. The molecule has 0 radical (unpaired) electrons. The summed E-state index contributed by atoms with van der Waals surface area (Å²) < 4.78 is 25.4. The highest BCUT2D eigenvalue weighted by atomic mass is 127. The van der Waals surface area contributed by atoms with Crippen LogP contribution in [0.15, 0.2) is 59.1 Å². The van der Waals surface area contributed by atoms with E-state index in [9.17, 15) is 29.0 Å². The SMILES string of the molecule is BC(F)c1ccc(-c2ccc(OCCC)c3c2C[C@H]2C[C@H]4CC(O)=C(C(N)=O)C(=O)[C@@]4(OI)C(O)=C2C3=O)cc1. The quantitative estimate of drug-likeness (QED) is 0.229. The summed E-state index contributed by atoms with van der Waals surface area (Å²) in [5, 5.41) is 22.1. The summed E-state index contributed by atoms with van der Waals surface area (Å²) >= 11 is 1.48. The number of ketones is 2. The standard InChI is InChI=1S/C29H28BFINO7/c1-2-9-39-20-8-7-17(13-3-5-14(6-4-13)27(30)31)18-11-15-10-16-12-19(34)23(28(33)38)26(37)29(16,40-32)25(36)21(15)24(35)22(18)20/h3-8,15-16,27,34,36H,2,9-12,30H2,1H3,(H2,33,38)/t15-,16+,27?,29+/m1/s1. The Hall–Kier alpha value is -3.19. The molecular weight excluding hydrogens is 631 g/mol. The molecule has 0 aromatic heterocycles. The second-order valence-electron chi connectivity index (χ2n) is 10.5. The van der Waals surface area contributed by atoms with Gasteiger partial charge in [0.2, 0.25) is 11.4 Å². The lowest BCUT2D eigenvalue weighted by molar-refractivity contribution is -0.137. The highest BCUT2D eigenvalue weighted by molar-refractivity contribution is 14.1. The Morgan fingerprint density at radius 1 is 1.20 bits per heavy atom. The number of Topliss-reactive ketones (excluding diaryl/α,β-unsaturated/α-hetero) is 2. The van der Waals surface area contributed by atoms with Crippen LogP contribution in [0, 0.1) is 11.8 Å². The fourth-order valence-corrected chi connectivity index (χ4v) is 7.02. The van der Waals surface area contributed by atoms with Crippen molar-refractivity contribution in [3.05, 3.63) is 75.8 Å². The molecular formula is C29H28BFINO7. The van der Waals surface area contributed by atoms with E-state index >= 15 is 0 Å². The Labute approximate surface area is 245 Å². The van der Waals surface area contributed by atoms with E-state index in [2.05, 4.69) is 0 Å². The van der Waals surface area contributed by atoms with Gasteiger partial charge < -0.3 is 20.7 Å². The van der Waals surface area contributed by atoms with Gasteiger partial charge in [0.05, 0.1) is 18.2 Å². The van der Waals surface area contributed by atoms with E-state index in [1.165, 1.54) is 30.9 Å². The van der Waals surface area contributed by atoms with Crippen molar-refractivity contribution < 1.29 is 36.8 Å². The lowest BCUT2D eigenvalue weighted by atomic mass is 9.60. The number of allylic oxidation sites excluding steroid dienone is 2. The first-order chi connectivity index (χ1) is 19.1. The van der Waals surface area contributed by atoms with Gasteiger partial charge in [0.25, 0.3) is 5.91 Å². The highest BCUT2D eigenvalue weighted by Gasteiger charge is 2.61. The minimum Gasteiger partial charge on any atom is -0.511 e. The lowest BCUT2D eigenvalue weighted by Crippen LogP contribution is -2.57. The molecule has 0 bridgehead atoms. The van der Waals surface area contributed by atoms with Crippen LogP contribution in [-0.4, -0.2) is 47.7 Å². The van der Waals surface area contributed by atoms with Gasteiger partial charge in [-0.15, -0.1) is 0 Å². The third kappa shape index (κ3) is 4.25. The van der Waals surface area contributed by atoms with Crippen molar-refractivity contribution in [3.8, 4) is 16.9 Å². The first-order valence-corrected chi connectivity index (χ1v) is 14.0. The Balaban J connectivity index is 1.69. The third-order valence-electron chi connectivity index (χ3n) is 8.16. The number of amides is 1. The van der Waals surface area contributed by atoms with Gasteiger partial charge in [-0.1, -0.05) is 37.3 Å². The average Bonchev–Trinajstić information content (AvgIpc) is 2.91. The second-order valence-corrected chi connectivity index (χ2v) is 10.9. The molecule has 40 heavy (non-hydrogen) atoms. The van der Waals surface area contributed by atoms with Crippen LogP contribution in [0.5, 0.6) is 5.75 Å². The lowest BCUT2D eigenvalue weighted by Gasteiger charge is -2.47. The minimum absolute atomic E-state index is 0.0269. The van der Waals surface area contributed by atoms with Crippen LogP contribution >= 0.6 is 23.0 Å². The molecule has 8 nitrogen and oxygen atoms in total. The molecule has 4 atom stereocenters. The maximum Gasteiger partial charge on any atom is 0.255 e. The largest absolute Gasteiger partial charge is 0.511 e. The molecule has 0 fully saturated rings. The van der Waals surface area contributed by atoms with Crippen molar-refractivity contribution in [2.24, 2.45) is 17.6 Å². The third-order valence-corrected chi connectivity index (χ3v) is 8.85. The van der Waals surface area contributed by atoms with Gasteiger partial charge in [-0.2, -0.15) is 0 Å². The number of hydrogen-bond acceptors (Lipinski definition) is 7. The molecule has 2 aromatic rings. The molecule has 11 heteroatoms. The number of fused-ring (bicyclic) bond motifs is 3. The molecule has 0 spiro atoms. The molecule has 208 valence electrons. The molecule has 0 aliphatic heterocycles. The number of halogens is 2. The van der Waals surface area contributed by atoms with Crippen LogP contribution in [0.4, 0.5) is 4.39 Å². The number of aliphatic hydroxyl groups is 2. The van der Waals surface area contributed by atoms with Crippen LogP contribution in [0.1, 0.15) is 53.7 Å². The molecule has 0 heterocycles. The molecule has 5 rings (SSSR count). The van der Waals surface area contributed by atoms with Crippen molar-refractivity contribution >= 4 is 48.3 Å². The predicted molar refractivity (Wildman–Crippen MR) is 156 cm³/mol. The summed E-state index contributed by atoms with van der Waals surface area (Å²) in [5.41, 5.74) is 5.87. The van der Waals surface area contributed by atoms with Crippen molar-refractivity contribution in [3.63, 3.8) is 0 Å². The smallest absolute Gasteiger partial charge is 0.255 e. The summed E-state index contributed by atoms with van der Waals surface area (Å²) in [6.45, 7) is 2.31. The number of primary amides is 1. The number of ether oxygens (including phenoxy) is 1. The average molecular weight is 659 g/mol.